The van der Waals surface area contributed by atoms with E-state index in [1.165, 1.54) is 25.0 Å². The summed E-state index contributed by atoms with van der Waals surface area (Å²) < 4.78 is 0. The smallest absolute Gasteiger partial charge is 0.0811 e. The standard InChI is InChI=1S/C17H24N2/c1-12-6-5-7-14(19-12)11-18-15-10-13-8-9-17(15,4)16(13,2)3/h5-7,13H,8-11H2,1-4H3. The highest BCUT2D eigenvalue weighted by atomic mass is 14.8. The van der Waals surface area contributed by atoms with E-state index >= 15 is 0 Å². The van der Waals surface area contributed by atoms with E-state index in [1.807, 2.05) is 13.0 Å². The van der Waals surface area contributed by atoms with Crippen molar-refractivity contribution in [2.45, 2.75) is 53.5 Å². The van der Waals surface area contributed by atoms with E-state index in [-0.39, 0.29) is 0 Å². The number of pyridine rings is 1. The zero-order valence-electron chi connectivity index (χ0n) is 12.5. The molecule has 19 heavy (non-hydrogen) atoms. The topological polar surface area (TPSA) is 25.2 Å². The molecular formula is C17H24N2. The minimum absolute atomic E-state index is 0.321. The number of aromatic nitrogens is 1. The number of aryl methyl sites for hydroxylation is 1. The zero-order chi connectivity index (χ0) is 13.7. The van der Waals surface area contributed by atoms with Gasteiger partial charge in [0.1, 0.15) is 0 Å². The summed E-state index contributed by atoms with van der Waals surface area (Å²) in [5.74, 6) is 0.835. The summed E-state index contributed by atoms with van der Waals surface area (Å²) in [6.45, 7) is 10.1. The van der Waals surface area contributed by atoms with E-state index in [0.29, 0.717) is 10.8 Å². The third-order valence-electron chi connectivity index (χ3n) is 5.89. The Kier molecular flexibility index (Phi) is 2.81. The predicted molar refractivity (Wildman–Crippen MR) is 79.3 cm³/mol. The molecule has 1 heterocycles. The van der Waals surface area contributed by atoms with Crippen molar-refractivity contribution >= 4 is 5.71 Å². The third kappa shape index (κ3) is 1.84. The van der Waals surface area contributed by atoms with Gasteiger partial charge in [-0.1, -0.05) is 26.8 Å². The Labute approximate surface area is 116 Å². The predicted octanol–water partition coefficient (Wildman–Crippen LogP) is 4.18. The van der Waals surface area contributed by atoms with Crippen LogP contribution in [0.15, 0.2) is 23.2 Å². The van der Waals surface area contributed by atoms with Gasteiger partial charge in [-0.15, -0.1) is 0 Å². The summed E-state index contributed by atoms with van der Waals surface area (Å²) in [7, 11) is 0. The average molecular weight is 256 g/mol. The molecule has 0 spiro atoms. The number of aliphatic imine (C=N–C) groups is 1. The van der Waals surface area contributed by atoms with Crippen LogP contribution >= 0.6 is 0 Å². The quantitative estimate of drug-likeness (QED) is 0.779. The molecule has 2 unspecified atom stereocenters. The van der Waals surface area contributed by atoms with Crippen LogP contribution in [0.1, 0.15) is 51.4 Å². The lowest BCUT2D eigenvalue weighted by Gasteiger charge is -2.34. The molecule has 2 heteroatoms. The summed E-state index contributed by atoms with van der Waals surface area (Å²) in [6, 6.07) is 6.20. The molecule has 1 aromatic rings. The van der Waals surface area contributed by atoms with Gasteiger partial charge in [-0.3, -0.25) is 9.98 Å². The lowest BCUT2D eigenvalue weighted by atomic mass is 9.70. The second-order valence-corrected chi connectivity index (χ2v) is 7.03. The van der Waals surface area contributed by atoms with Gasteiger partial charge in [-0.2, -0.15) is 0 Å². The normalized spacial score (nSPS) is 34.1. The molecule has 2 nitrogen and oxygen atoms in total. The zero-order valence-corrected chi connectivity index (χ0v) is 12.5. The first-order chi connectivity index (χ1) is 8.93. The van der Waals surface area contributed by atoms with Crippen LogP contribution < -0.4 is 0 Å². The van der Waals surface area contributed by atoms with Crippen LogP contribution in [0, 0.1) is 23.7 Å². The Morgan fingerprint density at radius 3 is 2.68 bits per heavy atom. The van der Waals surface area contributed by atoms with E-state index in [2.05, 4.69) is 37.9 Å². The first-order valence-electron chi connectivity index (χ1n) is 7.40. The molecule has 0 aliphatic heterocycles. The highest BCUT2D eigenvalue weighted by Crippen LogP contribution is 2.64. The fourth-order valence-electron chi connectivity index (χ4n) is 4.03. The second kappa shape index (κ2) is 4.16. The molecule has 0 N–H and O–H groups in total. The number of rotatable bonds is 2. The molecule has 0 amide bonds. The highest BCUT2D eigenvalue weighted by Gasteiger charge is 2.59. The van der Waals surface area contributed by atoms with Crippen LogP contribution in [-0.2, 0) is 6.54 Å². The maximum atomic E-state index is 4.94. The molecule has 2 bridgehead atoms. The average Bonchev–Trinajstić information content (AvgIpc) is 2.69. The Morgan fingerprint density at radius 1 is 1.32 bits per heavy atom. The monoisotopic (exact) mass is 256 g/mol. The molecule has 1 aromatic heterocycles. The van der Waals surface area contributed by atoms with E-state index < -0.39 is 0 Å². The molecule has 2 atom stereocenters. The minimum Gasteiger partial charge on any atom is -0.287 e. The van der Waals surface area contributed by atoms with Gasteiger partial charge in [0.2, 0.25) is 0 Å². The summed E-state index contributed by atoms with van der Waals surface area (Å²) in [6.07, 6.45) is 3.89. The largest absolute Gasteiger partial charge is 0.287 e. The lowest BCUT2D eigenvalue weighted by molar-refractivity contribution is 0.193. The molecule has 0 aromatic carbocycles. The Balaban J connectivity index is 1.83. The maximum absolute atomic E-state index is 4.94. The van der Waals surface area contributed by atoms with Crippen LogP contribution in [-0.4, -0.2) is 10.7 Å². The van der Waals surface area contributed by atoms with E-state index in [0.717, 1.165) is 23.9 Å². The second-order valence-electron chi connectivity index (χ2n) is 7.03. The van der Waals surface area contributed by atoms with E-state index in [9.17, 15) is 0 Å². The SMILES string of the molecule is Cc1cccc(CN=C2CC3CCC2(C)C3(C)C)n1. The number of nitrogens with zero attached hydrogens (tertiary/aromatic N) is 2. The van der Waals surface area contributed by atoms with Gasteiger partial charge >= 0.3 is 0 Å². The van der Waals surface area contributed by atoms with Crippen LogP contribution in [0.2, 0.25) is 0 Å². The van der Waals surface area contributed by atoms with Crippen molar-refractivity contribution < 1.29 is 0 Å². The molecule has 3 rings (SSSR count). The fraction of sp³-hybridized carbons (Fsp3) is 0.647. The Bertz CT molecular complexity index is 530. The molecule has 0 saturated heterocycles. The molecule has 2 fully saturated rings. The van der Waals surface area contributed by atoms with Crippen LogP contribution in [0.5, 0.6) is 0 Å². The van der Waals surface area contributed by atoms with Gasteiger partial charge in [0.15, 0.2) is 0 Å². The van der Waals surface area contributed by atoms with Gasteiger partial charge in [0.05, 0.1) is 12.2 Å². The molecule has 2 aliphatic rings. The van der Waals surface area contributed by atoms with Crippen LogP contribution in [0.4, 0.5) is 0 Å². The fourth-order valence-corrected chi connectivity index (χ4v) is 4.03. The Morgan fingerprint density at radius 2 is 2.11 bits per heavy atom. The number of fused-ring (bicyclic) bond motifs is 2. The van der Waals surface area contributed by atoms with Gasteiger partial charge in [0, 0.05) is 16.8 Å². The first-order valence-corrected chi connectivity index (χ1v) is 7.40. The molecule has 2 saturated carbocycles. The summed E-state index contributed by atoms with van der Waals surface area (Å²) in [4.78, 5) is 9.49. The van der Waals surface area contributed by atoms with Crippen molar-refractivity contribution in [3.63, 3.8) is 0 Å². The van der Waals surface area contributed by atoms with Crippen molar-refractivity contribution in [1.82, 2.24) is 4.98 Å². The molecule has 2 aliphatic carbocycles. The summed E-state index contributed by atoms with van der Waals surface area (Å²) in [5.41, 5.74) is 4.36. The minimum atomic E-state index is 0.321. The van der Waals surface area contributed by atoms with Crippen LogP contribution in [0.3, 0.4) is 0 Å². The van der Waals surface area contributed by atoms with Gasteiger partial charge in [0.25, 0.3) is 0 Å². The van der Waals surface area contributed by atoms with Crippen molar-refractivity contribution in [3.05, 3.63) is 29.6 Å². The first kappa shape index (κ1) is 12.8. The van der Waals surface area contributed by atoms with Gasteiger partial charge < -0.3 is 0 Å². The maximum Gasteiger partial charge on any atom is 0.0811 e. The van der Waals surface area contributed by atoms with Crippen molar-refractivity contribution in [1.29, 1.82) is 0 Å². The van der Waals surface area contributed by atoms with Gasteiger partial charge in [-0.25, -0.2) is 0 Å². The number of hydrogen-bond acceptors (Lipinski definition) is 2. The van der Waals surface area contributed by atoms with E-state index in [4.69, 9.17) is 4.99 Å². The van der Waals surface area contributed by atoms with Gasteiger partial charge in [-0.05, 0) is 49.7 Å². The summed E-state index contributed by atoms with van der Waals surface area (Å²) in [5, 5.41) is 0. The number of hydrogen-bond donors (Lipinski definition) is 0. The lowest BCUT2D eigenvalue weighted by Crippen LogP contribution is -2.32. The van der Waals surface area contributed by atoms with Crippen LogP contribution in [0.25, 0.3) is 0 Å². The van der Waals surface area contributed by atoms with Crippen molar-refractivity contribution in [2.24, 2.45) is 21.7 Å². The highest BCUT2D eigenvalue weighted by molar-refractivity contribution is 5.94. The van der Waals surface area contributed by atoms with E-state index in [1.54, 1.807) is 0 Å². The van der Waals surface area contributed by atoms with Crippen molar-refractivity contribution in [2.75, 3.05) is 0 Å². The third-order valence-corrected chi connectivity index (χ3v) is 5.89. The molecular weight excluding hydrogens is 232 g/mol. The van der Waals surface area contributed by atoms with Crippen molar-refractivity contribution in [3.8, 4) is 0 Å². The summed E-state index contributed by atoms with van der Waals surface area (Å²) >= 11 is 0. The molecule has 0 radical (unpaired) electrons. The Hall–Kier alpha value is -1.18. The molecule has 102 valence electrons.